The van der Waals surface area contributed by atoms with Crippen LogP contribution in [0.5, 0.6) is 0 Å². The molecular weight excluding hydrogens is 271 g/mol. The normalized spacial score (nSPS) is 12.3. The molecule has 0 fully saturated rings. The number of carboxylic acid groups (broad SMARTS) is 1. The van der Waals surface area contributed by atoms with Gasteiger partial charge in [-0.25, -0.2) is 4.79 Å². The minimum Gasteiger partial charge on any atom is -0.478 e. The third-order valence-electron chi connectivity index (χ3n) is 3.70. The highest BCUT2D eigenvalue weighted by atomic mass is 19.4. The zero-order chi connectivity index (χ0) is 15.7. The van der Waals surface area contributed by atoms with Crippen LogP contribution in [0.2, 0.25) is 0 Å². The van der Waals surface area contributed by atoms with Gasteiger partial charge in [-0.2, -0.15) is 13.2 Å². The van der Waals surface area contributed by atoms with Gasteiger partial charge in [0.05, 0.1) is 11.1 Å². The van der Waals surface area contributed by atoms with Crippen LogP contribution >= 0.6 is 0 Å². The maximum atomic E-state index is 12.8. The summed E-state index contributed by atoms with van der Waals surface area (Å²) in [5.41, 5.74) is -1.69. The van der Waals surface area contributed by atoms with Crippen LogP contribution in [0, 0.1) is 0 Å². The molecule has 0 aliphatic rings. The van der Waals surface area contributed by atoms with E-state index in [4.69, 9.17) is 5.11 Å². The molecule has 112 valence electrons. The number of rotatable bonds is 4. The van der Waals surface area contributed by atoms with E-state index in [2.05, 4.69) is 0 Å². The van der Waals surface area contributed by atoms with Crippen LogP contribution in [0.3, 0.4) is 0 Å². The summed E-state index contributed by atoms with van der Waals surface area (Å²) in [5, 5.41) is 8.98. The van der Waals surface area contributed by atoms with Crippen molar-refractivity contribution in [1.82, 2.24) is 0 Å². The first-order chi connectivity index (χ1) is 9.00. The predicted molar refractivity (Wildman–Crippen MR) is 71.2 cm³/mol. The topological polar surface area (TPSA) is 40.5 Å². The summed E-state index contributed by atoms with van der Waals surface area (Å²) in [7, 11) is 1.73. The van der Waals surface area contributed by atoms with Gasteiger partial charge in [0.2, 0.25) is 0 Å². The Bertz CT molecular complexity index is 510. The van der Waals surface area contributed by atoms with Gasteiger partial charge in [-0.05, 0) is 38.5 Å². The molecule has 0 bridgehead atoms. The monoisotopic (exact) mass is 289 g/mol. The van der Waals surface area contributed by atoms with Crippen molar-refractivity contribution in [1.29, 1.82) is 0 Å². The Morgan fingerprint density at radius 3 is 2.25 bits per heavy atom. The van der Waals surface area contributed by atoms with Crippen LogP contribution in [-0.2, 0) is 6.18 Å². The van der Waals surface area contributed by atoms with Gasteiger partial charge in [0.15, 0.2) is 0 Å². The van der Waals surface area contributed by atoms with Crippen LogP contribution in [0.25, 0.3) is 0 Å². The second-order valence-corrected chi connectivity index (χ2v) is 5.26. The molecular formula is C14H18F3NO2. The van der Waals surface area contributed by atoms with Crippen molar-refractivity contribution in [3.63, 3.8) is 0 Å². The molecule has 0 unspecified atom stereocenters. The summed E-state index contributed by atoms with van der Waals surface area (Å²) < 4.78 is 38.3. The summed E-state index contributed by atoms with van der Waals surface area (Å²) in [6.07, 6.45) is -3.90. The standard InChI is InChI=1S/C14H18F3NO2/c1-5-13(2,3)18(4)9-6-7-11(14(15,16)17)10(8-9)12(19)20/h6-8H,5H2,1-4H3,(H,19,20). The lowest BCUT2D eigenvalue weighted by Gasteiger charge is -2.37. The summed E-state index contributed by atoms with van der Waals surface area (Å²) in [6, 6.07) is 3.19. The Morgan fingerprint density at radius 2 is 1.85 bits per heavy atom. The summed E-state index contributed by atoms with van der Waals surface area (Å²) >= 11 is 0. The van der Waals surface area contributed by atoms with Crippen molar-refractivity contribution in [3.8, 4) is 0 Å². The molecule has 6 heteroatoms. The molecule has 0 saturated carbocycles. The average molecular weight is 289 g/mol. The van der Waals surface area contributed by atoms with Crippen molar-refractivity contribution in [2.75, 3.05) is 11.9 Å². The Morgan fingerprint density at radius 1 is 1.30 bits per heavy atom. The van der Waals surface area contributed by atoms with Crippen molar-refractivity contribution >= 4 is 11.7 Å². The van der Waals surface area contributed by atoms with Crippen molar-refractivity contribution < 1.29 is 23.1 Å². The van der Waals surface area contributed by atoms with Gasteiger partial charge < -0.3 is 10.0 Å². The number of halogens is 3. The highest BCUT2D eigenvalue weighted by Crippen LogP contribution is 2.35. The first-order valence-electron chi connectivity index (χ1n) is 6.19. The molecule has 20 heavy (non-hydrogen) atoms. The van der Waals surface area contributed by atoms with Gasteiger partial charge in [-0.1, -0.05) is 6.92 Å². The van der Waals surface area contributed by atoms with E-state index in [1.165, 1.54) is 6.07 Å². The zero-order valence-corrected chi connectivity index (χ0v) is 11.9. The lowest BCUT2D eigenvalue weighted by atomic mass is 9.98. The smallest absolute Gasteiger partial charge is 0.417 e. The molecule has 0 radical (unpaired) electrons. The number of alkyl halides is 3. The molecule has 0 spiro atoms. The SMILES string of the molecule is CCC(C)(C)N(C)c1ccc(C(F)(F)F)c(C(=O)O)c1. The number of hydrogen-bond acceptors (Lipinski definition) is 2. The van der Waals surface area contributed by atoms with Gasteiger partial charge in [0.25, 0.3) is 0 Å². The summed E-state index contributed by atoms with van der Waals surface area (Å²) in [6.45, 7) is 5.83. The van der Waals surface area contributed by atoms with Crippen LogP contribution in [-0.4, -0.2) is 23.7 Å². The number of hydrogen-bond donors (Lipinski definition) is 1. The molecule has 0 aromatic heterocycles. The molecule has 1 rings (SSSR count). The van der Waals surface area contributed by atoms with Gasteiger partial charge in [-0.15, -0.1) is 0 Å². The summed E-state index contributed by atoms with van der Waals surface area (Å²) in [4.78, 5) is 12.8. The highest BCUT2D eigenvalue weighted by Gasteiger charge is 2.36. The number of carbonyl (C=O) groups is 1. The molecule has 0 aliphatic heterocycles. The maximum Gasteiger partial charge on any atom is 0.417 e. The lowest BCUT2D eigenvalue weighted by Crippen LogP contribution is -2.40. The fourth-order valence-electron chi connectivity index (χ4n) is 1.75. The molecule has 1 aromatic rings. The fourth-order valence-corrected chi connectivity index (χ4v) is 1.75. The first-order valence-corrected chi connectivity index (χ1v) is 6.19. The van der Waals surface area contributed by atoms with E-state index in [0.29, 0.717) is 5.69 Å². The Labute approximate surface area is 116 Å². The third-order valence-corrected chi connectivity index (χ3v) is 3.70. The molecule has 0 heterocycles. The number of benzene rings is 1. The minimum absolute atomic E-state index is 0.282. The number of carboxylic acids is 1. The average Bonchev–Trinajstić information content (AvgIpc) is 2.35. The first kappa shape index (κ1) is 16.3. The van der Waals surface area contributed by atoms with E-state index in [-0.39, 0.29) is 5.54 Å². The zero-order valence-electron chi connectivity index (χ0n) is 11.9. The van der Waals surface area contributed by atoms with Crippen LogP contribution < -0.4 is 4.90 Å². The van der Waals surface area contributed by atoms with E-state index >= 15 is 0 Å². The number of anilines is 1. The minimum atomic E-state index is -4.68. The lowest BCUT2D eigenvalue weighted by molar-refractivity contribution is -0.138. The Balaban J connectivity index is 3.35. The molecule has 0 atom stereocenters. The maximum absolute atomic E-state index is 12.8. The molecule has 3 nitrogen and oxygen atoms in total. The van der Waals surface area contributed by atoms with Crippen molar-refractivity contribution in [3.05, 3.63) is 29.3 Å². The fraction of sp³-hybridized carbons (Fsp3) is 0.500. The van der Waals surface area contributed by atoms with Crippen LogP contribution in [0.15, 0.2) is 18.2 Å². The quantitative estimate of drug-likeness (QED) is 0.909. The molecule has 1 N–H and O–H groups in total. The number of nitrogens with zero attached hydrogens (tertiary/aromatic N) is 1. The number of aromatic carboxylic acids is 1. The third kappa shape index (κ3) is 3.23. The van der Waals surface area contributed by atoms with Crippen LogP contribution in [0.4, 0.5) is 18.9 Å². The van der Waals surface area contributed by atoms with Crippen molar-refractivity contribution in [2.24, 2.45) is 0 Å². The van der Waals surface area contributed by atoms with Gasteiger partial charge in [-0.3, -0.25) is 0 Å². The Kier molecular flexibility index (Phi) is 4.36. The van der Waals surface area contributed by atoms with Gasteiger partial charge in [0.1, 0.15) is 0 Å². The van der Waals surface area contributed by atoms with E-state index in [1.54, 1.807) is 11.9 Å². The predicted octanol–water partition coefficient (Wildman–Crippen LogP) is 4.03. The molecule has 0 amide bonds. The van der Waals surface area contributed by atoms with E-state index in [9.17, 15) is 18.0 Å². The van der Waals surface area contributed by atoms with E-state index < -0.39 is 23.3 Å². The summed E-state index contributed by atoms with van der Waals surface area (Å²) in [5.74, 6) is -1.58. The molecule has 0 aliphatic carbocycles. The van der Waals surface area contributed by atoms with Gasteiger partial charge >= 0.3 is 12.1 Å². The largest absolute Gasteiger partial charge is 0.478 e. The Hall–Kier alpha value is -1.72. The van der Waals surface area contributed by atoms with Crippen molar-refractivity contribution in [2.45, 2.75) is 38.9 Å². The van der Waals surface area contributed by atoms with Gasteiger partial charge in [0, 0.05) is 18.3 Å². The molecule has 0 saturated heterocycles. The second kappa shape index (κ2) is 5.34. The van der Waals surface area contributed by atoms with Crippen LogP contribution in [0.1, 0.15) is 43.1 Å². The molecule has 1 aromatic carbocycles. The second-order valence-electron chi connectivity index (χ2n) is 5.26. The van der Waals surface area contributed by atoms with E-state index in [1.807, 2.05) is 20.8 Å². The highest BCUT2D eigenvalue weighted by molar-refractivity contribution is 5.91. The van der Waals surface area contributed by atoms with E-state index in [0.717, 1.165) is 18.6 Å².